The molecule has 0 radical (unpaired) electrons. The molecule has 1 N–H and O–H groups in total. The van der Waals surface area contributed by atoms with Gasteiger partial charge in [-0.15, -0.1) is 0 Å². The van der Waals surface area contributed by atoms with Gasteiger partial charge >= 0.3 is 0 Å². The molecule has 1 unspecified atom stereocenters. The second kappa shape index (κ2) is 4.80. The first-order valence-corrected chi connectivity index (χ1v) is 7.18. The highest BCUT2D eigenvalue weighted by atomic mass is 32.2. The lowest BCUT2D eigenvalue weighted by Crippen LogP contribution is -2.36. The molecule has 0 amide bonds. The Balaban J connectivity index is 1.78. The number of fused-ring (bicyclic) bond motifs is 1. The summed E-state index contributed by atoms with van der Waals surface area (Å²) in [6.07, 6.45) is 3.43. The van der Waals surface area contributed by atoms with E-state index in [2.05, 4.69) is 49.7 Å². The van der Waals surface area contributed by atoms with Crippen molar-refractivity contribution in [1.82, 2.24) is 5.32 Å². The second-order valence-corrected chi connectivity index (χ2v) is 6.71. The molecule has 2 heteroatoms. The lowest BCUT2D eigenvalue weighted by atomic mass is 9.77. The lowest BCUT2D eigenvalue weighted by molar-refractivity contribution is 0.509. The summed E-state index contributed by atoms with van der Waals surface area (Å²) in [4.78, 5) is 0. The van der Waals surface area contributed by atoms with Crippen LogP contribution in [0.4, 0.5) is 0 Å². The summed E-state index contributed by atoms with van der Waals surface area (Å²) in [6, 6.07) is 8.80. The predicted molar refractivity (Wildman–Crippen MR) is 73.4 cm³/mol. The van der Waals surface area contributed by atoms with E-state index in [1.54, 1.807) is 11.1 Å². The molecule has 1 aliphatic rings. The van der Waals surface area contributed by atoms with Crippen LogP contribution in [0.1, 0.15) is 30.9 Å². The summed E-state index contributed by atoms with van der Waals surface area (Å²) in [5, 5.41) is 3.60. The normalized spacial score (nSPS) is 19.1. The molecule has 88 valence electrons. The van der Waals surface area contributed by atoms with Crippen molar-refractivity contribution in [2.24, 2.45) is 0 Å². The van der Waals surface area contributed by atoms with Crippen LogP contribution >= 0.6 is 11.8 Å². The average molecular weight is 235 g/mol. The van der Waals surface area contributed by atoms with Crippen molar-refractivity contribution in [3.63, 3.8) is 0 Å². The summed E-state index contributed by atoms with van der Waals surface area (Å²) in [5.41, 5.74) is 3.09. The zero-order chi connectivity index (χ0) is 11.6. The minimum atomic E-state index is 0.350. The van der Waals surface area contributed by atoms with Crippen molar-refractivity contribution in [2.45, 2.75) is 30.9 Å². The van der Waals surface area contributed by atoms with Gasteiger partial charge in [0.1, 0.15) is 0 Å². The highest BCUT2D eigenvalue weighted by molar-refractivity contribution is 7.99. The molecule has 0 spiro atoms. The quantitative estimate of drug-likeness (QED) is 0.842. The number of hydrogen-bond acceptors (Lipinski definition) is 2. The smallest absolute Gasteiger partial charge is 0.0225 e. The zero-order valence-electron chi connectivity index (χ0n) is 10.4. The number of benzene rings is 1. The molecule has 0 aromatic heterocycles. The van der Waals surface area contributed by atoms with Gasteiger partial charge in [-0.25, -0.2) is 0 Å². The van der Waals surface area contributed by atoms with E-state index in [9.17, 15) is 0 Å². The Hall–Kier alpha value is -0.470. The van der Waals surface area contributed by atoms with E-state index >= 15 is 0 Å². The van der Waals surface area contributed by atoms with E-state index in [0.717, 1.165) is 19.0 Å². The maximum absolute atomic E-state index is 3.60. The Morgan fingerprint density at radius 3 is 2.81 bits per heavy atom. The van der Waals surface area contributed by atoms with Crippen molar-refractivity contribution in [2.75, 3.05) is 19.3 Å². The van der Waals surface area contributed by atoms with Gasteiger partial charge in [0.05, 0.1) is 0 Å². The first-order chi connectivity index (χ1) is 7.62. The molecule has 0 fully saturated rings. The molecule has 0 saturated heterocycles. The average Bonchev–Trinajstić information content (AvgIpc) is 2.25. The fraction of sp³-hybridized carbons (Fsp3) is 0.571. The monoisotopic (exact) mass is 235 g/mol. The van der Waals surface area contributed by atoms with Crippen molar-refractivity contribution in [1.29, 1.82) is 0 Å². The summed E-state index contributed by atoms with van der Waals surface area (Å²) >= 11 is 1.93. The Bertz CT molecular complexity index is 360. The van der Waals surface area contributed by atoms with Gasteiger partial charge in [-0.2, -0.15) is 11.8 Å². The first-order valence-electron chi connectivity index (χ1n) is 5.96. The largest absolute Gasteiger partial charge is 0.315 e. The maximum Gasteiger partial charge on any atom is 0.0225 e. The van der Waals surface area contributed by atoms with Gasteiger partial charge in [-0.05, 0) is 37.7 Å². The van der Waals surface area contributed by atoms with Crippen molar-refractivity contribution >= 4 is 11.8 Å². The summed E-state index contributed by atoms with van der Waals surface area (Å²) in [7, 11) is 0. The van der Waals surface area contributed by atoms with Gasteiger partial charge in [0, 0.05) is 23.8 Å². The van der Waals surface area contributed by atoms with Gasteiger partial charge in [-0.3, -0.25) is 0 Å². The van der Waals surface area contributed by atoms with Gasteiger partial charge < -0.3 is 5.32 Å². The summed E-state index contributed by atoms with van der Waals surface area (Å²) in [6.45, 7) is 6.80. The molecular weight excluding hydrogens is 214 g/mol. The number of rotatable bonds is 5. The molecule has 0 heterocycles. The van der Waals surface area contributed by atoms with E-state index in [1.807, 2.05) is 11.8 Å². The van der Waals surface area contributed by atoms with Crippen LogP contribution in [0.3, 0.4) is 0 Å². The Morgan fingerprint density at radius 2 is 2.12 bits per heavy atom. The molecule has 0 saturated carbocycles. The zero-order valence-corrected chi connectivity index (χ0v) is 11.2. The van der Waals surface area contributed by atoms with Crippen molar-refractivity contribution in [3.8, 4) is 0 Å². The summed E-state index contributed by atoms with van der Waals surface area (Å²) in [5.74, 6) is 0.744. The van der Waals surface area contributed by atoms with Crippen LogP contribution in [0.5, 0.6) is 0 Å². The maximum atomic E-state index is 3.60. The molecule has 1 aromatic rings. The van der Waals surface area contributed by atoms with Crippen LogP contribution in [0.25, 0.3) is 0 Å². The molecule has 0 bridgehead atoms. The Kier molecular flexibility index (Phi) is 3.60. The third kappa shape index (κ3) is 2.61. The molecular formula is C14H21NS. The molecule has 1 aromatic carbocycles. The molecule has 1 nitrogen and oxygen atoms in total. The standard InChI is InChI=1S/C14H21NS/c1-14(2,16-3)10-15-9-12-8-11-6-4-5-7-13(11)12/h4-7,12,15H,8-10H2,1-3H3. The van der Waals surface area contributed by atoms with E-state index in [1.165, 1.54) is 6.42 Å². The van der Waals surface area contributed by atoms with Crippen molar-refractivity contribution in [3.05, 3.63) is 35.4 Å². The third-order valence-electron chi connectivity index (χ3n) is 3.46. The molecule has 1 atom stereocenters. The number of hydrogen-bond donors (Lipinski definition) is 1. The fourth-order valence-electron chi connectivity index (χ4n) is 2.16. The highest BCUT2D eigenvalue weighted by Gasteiger charge is 2.25. The van der Waals surface area contributed by atoms with Gasteiger partial charge in [0.25, 0.3) is 0 Å². The van der Waals surface area contributed by atoms with Crippen LogP contribution < -0.4 is 5.32 Å². The first kappa shape index (κ1) is 12.0. The van der Waals surface area contributed by atoms with E-state index in [0.29, 0.717) is 4.75 Å². The minimum Gasteiger partial charge on any atom is -0.315 e. The molecule has 2 rings (SSSR count). The van der Waals surface area contributed by atoms with Crippen LogP contribution in [0.2, 0.25) is 0 Å². The molecule has 0 aliphatic heterocycles. The topological polar surface area (TPSA) is 12.0 Å². The molecule has 1 aliphatic carbocycles. The fourth-order valence-corrected chi connectivity index (χ4v) is 2.41. The van der Waals surface area contributed by atoms with Crippen LogP contribution in [0, 0.1) is 0 Å². The Labute approximate surface area is 103 Å². The van der Waals surface area contributed by atoms with E-state index < -0.39 is 0 Å². The van der Waals surface area contributed by atoms with Gasteiger partial charge in [0.2, 0.25) is 0 Å². The van der Waals surface area contributed by atoms with Crippen LogP contribution in [0.15, 0.2) is 24.3 Å². The minimum absolute atomic E-state index is 0.350. The molecule has 16 heavy (non-hydrogen) atoms. The van der Waals surface area contributed by atoms with Crippen LogP contribution in [-0.2, 0) is 6.42 Å². The number of nitrogens with one attached hydrogen (secondary N) is 1. The lowest BCUT2D eigenvalue weighted by Gasteiger charge is -2.31. The highest BCUT2D eigenvalue weighted by Crippen LogP contribution is 2.34. The Morgan fingerprint density at radius 1 is 1.38 bits per heavy atom. The van der Waals surface area contributed by atoms with Gasteiger partial charge in [-0.1, -0.05) is 24.3 Å². The SMILES string of the molecule is CSC(C)(C)CNCC1Cc2ccccc21. The third-order valence-corrected chi connectivity index (χ3v) is 4.70. The van der Waals surface area contributed by atoms with Crippen LogP contribution in [-0.4, -0.2) is 24.1 Å². The van der Waals surface area contributed by atoms with E-state index in [-0.39, 0.29) is 0 Å². The van der Waals surface area contributed by atoms with E-state index in [4.69, 9.17) is 0 Å². The van der Waals surface area contributed by atoms with Crippen molar-refractivity contribution < 1.29 is 0 Å². The van der Waals surface area contributed by atoms with Gasteiger partial charge in [0.15, 0.2) is 0 Å². The number of thioether (sulfide) groups is 1. The summed E-state index contributed by atoms with van der Waals surface area (Å²) < 4.78 is 0.350. The predicted octanol–water partition coefficient (Wildman–Crippen LogP) is 3.06. The second-order valence-electron chi connectivity index (χ2n) is 5.19.